The Kier molecular flexibility index (Phi) is 7.49. The van der Waals surface area contributed by atoms with Crippen molar-refractivity contribution in [3.8, 4) is 11.4 Å². The molecule has 1 N–H and O–H groups in total. The van der Waals surface area contributed by atoms with Crippen LogP contribution in [0.25, 0.3) is 5.69 Å². The number of aromatic nitrogens is 3. The third kappa shape index (κ3) is 5.96. The molecule has 0 saturated carbocycles. The summed E-state index contributed by atoms with van der Waals surface area (Å²) in [5, 5.41) is 12.3. The van der Waals surface area contributed by atoms with E-state index >= 15 is 0 Å². The van der Waals surface area contributed by atoms with E-state index in [0.717, 1.165) is 28.4 Å². The van der Waals surface area contributed by atoms with E-state index in [1.807, 2.05) is 109 Å². The molecule has 3 aromatic carbocycles. The van der Waals surface area contributed by atoms with Crippen LogP contribution in [0, 0.1) is 6.92 Å². The molecule has 0 aliphatic heterocycles. The summed E-state index contributed by atoms with van der Waals surface area (Å²) < 4.78 is 7.96. The fourth-order valence-electron chi connectivity index (χ4n) is 3.29. The minimum atomic E-state index is -0.102. The van der Waals surface area contributed by atoms with Crippen LogP contribution in [-0.2, 0) is 11.4 Å². The van der Waals surface area contributed by atoms with Crippen molar-refractivity contribution in [3.05, 3.63) is 90.3 Å². The highest BCUT2D eigenvalue weighted by molar-refractivity contribution is 7.99. The Balaban J connectivity index is 1.49. The predicted molar refractivity (Wildman–Crippen MR) is 137 cm³/mol. The number of carbonyl (C=O) groups is 1. The van der Waals surface area contributed by atoms with Gasteiger partial charge in [0.25, 0.3) is 0 Å². The number of ether oxygens (including phenoxy) is 1. The zero-order valence-corrected chi connectivity index (χ0v) is 20.2. The highest BCUT2D eigenvalue weighted by Gasteiger charge is 2.17. The first kappa shape index (κ1) is 23.4. The second-order valence-electron chi connectivity index (χ2n) is 7.95. The smallest absolute Gasteiger partial charge is 0.234 e. The topological polar surface area (TPSA) is 72.3 Å². The van der Waals surface area contributed by atoms with Crippen LogP contribution in [0.4, 0.5) is 11.4 Å². The minimum absolute atomic E-state index is 0.102. The maximum absolute atomic E-state index is 12.5. The van der Waals surface area contributed by atoms with Crippen molar-refractivity contribution >= 4 is 29.0 Å². The predicted octanol–water partition coefficient (Wildman–Crippen LogP) is 4.95. The zero-order valence-electron chi connectivity index (χ0n) is 19.4. The van der Waals surface area contributed by atoms with E-state index in [0.29, 0.717) is 11.0 Å². The lowest BCUT2D eigenvalue weighted by Crippen LogP contribution is -2.14. The molecule has 0 aliphatic rings. The number of nitrogens with one attached hydrogen (secondary N) is 1. The van der Waals surface area contributed by atoms with Gasteiger partial charge in [0.15, 0.2) is 11.0 Å². The van der Waals surface area contributed by atoms with Gasteiger partial charge in [-0.1, -0.05) is 53.7 Å². The lowest BCUT2D eigenvalue weighted by Gasteiger charge is -2.14. The molecule has 0 saturated heterocycles. The number of para-hydroxylation sites is 1. The molecular weight excluding hydrogens is 446 g/mol. The van der Waals surface area contributed by atoms with E-state index in [2.05, 4.69) is 15.5 Å². The Morgan fingerprint density at radius 2 is 1.76 bits per heavy atom. The Hall–Kier alpha value is -3.78. The van der Waals surface area contributed by atoms with Crippen molar-refractivity contribution < 1.29 is 9.53 Å². The molecule has 7 nitrogen and oxygen atoms in total. The summed E-state index contributed by atoms with van der Waals surface area (Å²) in [4.78, 5) is 14.5. The number of benzene rings is 3. The van der Waals surface area contributed by atoms with Gasteiger partial charge in [-0.25, -0.2) is 0 Å². The van der Waals surface area contributed by atoms with Crippen LogP contribution >= 0.6 is 11.8 Å². The fraction of sp³-hybridized carbons (Fsp3) is 0.192. The van der Waals surface area contributed by atoms with Gasteiger partial charge in [0.05, 0.1) is 5.75 Å². The van der Waals surface area contributed by atoms with Crippen molar-refractivity contribution in [2.45, 2.75) is 18.7 Å². The summed E-state index contributed by atoms with van der Waals surface area (Å²) in [6, 6.07) is 25.4. The molecule has 34 heavy (non-hydrogen) atoms. The zero-order chi connectivity index (χ0) is 23.9. The summed E-state index contributed by atoms with van der Waals surface area (Å²) in [6.45, 7) is 2.26. The lowest BCUT2D eigenvalue weighted by atomic mass is 10.2. The van der Waals surface area contributed by atoms with Gasteiger partial charge in [0.2, 0.25) is 5.91 Å². The molecule has 1 heterocycles. The van der Waals surface area contributed by atoms with Gasteiger partial charge in [-0.15, -0.1) is 10.2 Å². The van der Waals surface area contributed by atoms with Crippen LogP contribution in [-0.4, -0.2) is 40.5 Å². The third-order valence-corrected chi connectivity index (χ3v) is 6.01. The van der Waals surface area contributed by atoms with Crippen LogP contribution in [0.15, 0.2) is 84.0 Å². The molecule has 0 spiro atoms. The molecule has 0 aliphatic carbocycles. The molecule has 0 unspecified atom stereocenters. The van der Waals surface area contributed by atoms with E-state index in [9.17, 15) is 4.79 Å². The number of amides is 1. The van der Waals surface area contributed by atoms with Crippen LogP contribution in [0.5, 0.6) is 5.75 Å². The van der Waals surface area contributed by atoms with E-state index in [1.165, 1.54) is 11.8 Å². The molecule has 8 heteroatoms. The van der Waals surface area contributed by atoms with Crippen molar-refractivity contribution in [3.63, 3.8) is 0 Å². The highest BCUT2D eigenvalue weighted by Crippen LogP contribution is 2.24. The normalized spacial score (nSPS) is 10.7. The molecule has 4 rings (SSSR count). The van der Waals surface area contributed by atoms with E-state index in [1.54, 1.807) is 0 Å². The number of aryl methyl sites for hydroxylation is 1. The Labute approximate surface area is 203 Å². The van der Waals surface area contributed by atoms with Crippen molar-refractivity contribution in [1.29, 1.82) is 0 Å². The summed E-state index contributed by atoms with van der Waals surface area (Å²) in [7, 11) is 3.98. The second kappa shape index (κ2) is 10.9. The van der Waals surface area contributed by atoms with Gasteiger partial charge in [-0.05, 0) is 43.3 Å². The number of hydrogen-bond donors (Lipinski definition) is 1. The third-order valence-electron chi connectivity index (χ3n) is 5.08. The van der Waals surface area contributed by atoms with E-state index < -0.39 is 0 Å². The Bertz CT molecular complexity index is 1240. The van der Waals surface area contributed by atoms with Crippen LogP contribution in [0.3, 0.4) is 0 Å². The molecule has 0 radical (unpaired) electrons. The fourth-order valence-corrected chi connectivity index (χ4v) is 4.06. The summed E-state index contributed by atoms with van der Waals surface area (Å²) in [5.41, 5.74) is 3.88. The standard InChI is InChI=1S/C26H27N5O2S/c1-19-12-14-20(15-13-19)27-25(32)18-34-26-29-28-24(31(26)21-8-5-4-6-9-21)17-33-23-11-7-10-22(16-23)30(2)3/h4-16H,17-18H2,1-3H3,(H,27,32). The first-order valence-electron chi connectivity index (χ1n) is 10.9. The largest absolute Gasteiger partial charge is 0.486 e. The molecule has 0 bridgehead atoms. The van der Waals surface area contributed by atoms with Gasteiger partial charge in [-0.3, -0.25) is 9.36 Å². The van der Waals surface area contributed by atoms with Crippen LogP contribution in [0.2, 0.25) is 0 Å². The molecule has 0 atom stereocenters. The van der Waals surface area contributed by atoms with Gasteiger partial charge in [0, 0.05) is 37.2 Å². The SMILES string of the molecule is Cc1ccc(NC(=O)CSc2nnc(COc3cccc(N(C)C)c3)n2-c2ccccc2)cc1. The molecular formula is C26H27N5O2S. The number of anilines is 2. The molecule has 1 aromatic heterocycles. The monoisotopic (exact) mass is 473 g/mol. The molecule has 4 aromatic rings. The van der Waals surface area contributed by atoms with E-state index in [-0.39, 0.29) is 18.3 Å². The second-order valence-corrected chi connectivity index (χ2v) is 8.90. The average Bonchev–Trinajstić information content (AvgIpc) is 3.26. The summed E-state index contributed by atoms with van der Waals surface area (Å²) in [6.07, 6.45) is 0. The quantitative estimate of drug-likeness (QED) is 0.347. The van der Waals surface area contributed by atoms with Crippen LogP contribution in [0.1, 0.15) is 11.4 Å². The van der Waals surface area contributed by atoms with Crippen molar-refractivity contribution in [2.24, 2.45) is 0 Å². The maximum atomic E-state index is 12.5. The van der Waals surface area contributed by atoms with E-state index in [4.69, 9.17) is 4.74 Å². The van der Waals surface area contributed by atoms with Gasteiger partial charge >= 0.3 is 0 Å². The maximum Gasteiger partial charge on any atom is 0.234 e. The summed E-state index contributed by atoms with van der Waals surface area (Å²) in [5.74, 6) is 1.52. The molecule has 1 amide bonds. The molecule has 0 fully saturated rings. The number of rotatable bonds is 9. The van der Waals surface area contributed by atoms with Gasteiger partial charge in [-0.2, -0.15) is 0 Å². The number of thioether (sulfide) groups is 1. The number of hydrogen-bond acceptors (Lipinski definition) is 6. The van der Waals surface area contributed by atoms with Gasteiger partial charge < -0.3 is 15.0 Å². The Morgan fingerprint density at radius 1 is 1.00 bits per heavy atom. The van der Waals surface area contributed by atoms with Crippen molar-refractivity contribution in [1.82, 2.24) is 14.8 Å². The van der Waals surface area contributed by atoms with Gasteiger partial charge in [0.1, 0.15) is 12.4 Å². The van der Waals surface area contributed by atoms with Crippen LogP contribution < -0.4 is 15.0 Å². The lowest BCUT2D eigenvalue weighted by molar-refractivity contribution is -0.113. The first-order valence-corrected chi connectivity index (χ1v) is 11.9. The first-order chi connectivity index (χ1) is 16.5. The number of carbonyl (C=O) groups excluding carboxylic acids is 1. The minimum Gasteiger partial charge on any atom is -0.486 e. The highest BCUT2D eigenvalue weighted by atomic mass is 32.2. The number of nitrogens with zero attached hydrogens (tertiary/aromatic N) is 4. The van der Waals surface area contributed by atoms with Crippen molar-refractivity contribution in [2.75, 3.05) is 30.1 Å². The molecule has 174 valence electrons. The summed E-state index contributed by atoms with van der Waals surface area (Å²) >= 11 is 1.34. The Morgan fingerprint density at radius 3 is 2.50 bits per heavy atom. The average molecular weight is 474 g/mol.